The Morgan fingerprint density at radius 2 is 2.12 bits per heavy atom. The molecule has 0 aliphatic rings. The summed E-state index contributed by atoms with van der Waals surface area (Å²) in [5, 5.41) is 0. The number of hydrogen-bond donors (Lipinski definition) is 0. The van der Waals surface area contributed by atoms with Gasteiger partial charge in [-0.2, -0.15) is 0 Å². The van der Waals surface area contributed by atoms with Gasteiger partial charge < -0.3 is 0 Å². The summed E-state index contributed by atoms with van der Waals surface area (Å²) in [5.41, 5.74) is 1.68. The van der Waals surface area contributed by atoms with E-state index in [1.54, 1.807) is 11.3 Å². The van der Waals surface area contributed by atoms with Crippen molar-refractivity contribution in [2.45, 2.75) is 13.8 Å². The summed E-state index contributed by atoms with van der Waals surface area (Å²) in [6, 6.07) is 8.12. The maximum atomic E-state index is 11.9. The van der Waals surface area contributed by atoms with Crippen LogP contribution >= 0.6 is 11.3 Å². The van der Waals surface area contributed by atoms with E-state index in [2.05, 4.69) is 11.1 Å². The molecule has 0 atom stereocenters. The monoisotopic (exact) mass is 244 g/mol. The molecule has 0 unspecified atom stereocenters. The molecular weight excluding hydrogens is 232 g/mol. The number of carbonyl (C=O) groups excluding carboxylic acids is 1. The first-order chi connectivity index (χ1) is 8.16. The Kier molecular flexibility index (Phi) is 2.26. The third-order valence-corrected chi connectivity index (χ3v) is 3.81. The van der Waals surface area contributed by atoms with Crippen LogP contribution in [0, 0.1) is 5.92 Å². The Balaban J connectivity index is 2.23. The van der Waals surface area contributed by atoms with Crippen LogP contribution in [-0.2, 0) is 0 Å². The van der Waals surface area contributed by atoms with Gasteiger partial charge in [0.1, 0.15) is 5.69 Å². The van der Waals surface area contributed by atoms with Crippen LogP contribution in [0.5, 0.6) is 0 Å². The molecule has 3 nitrogen and oxygen atoms in total. The highest BCUT2D eigenvalue weighted by Crippen LogP contribution is 2.26. The number of hydrogen-bond acceptors (Lipinski definition) is 3. The maximum Gasteiger partial charge on any atom is 0.195 e. The number of Topliss-reactive ketones (excluding diaryl/α,β-unsaturated/α-hetero) is 1. The van der Waals surface area contributed by atoms with E-state index < -0.39 is 0 Å². The van der Waals surface area contributed by atoms with Crippen LogP contribution in [-0.4, -0.2) is 15.2 Å². The lowest BCUT2D eigenvalue weighted by molar-refractivity contribution is 0.0935. The number of para-hydroxylation sites is 1. The second-order valence-electron chi connectivity index (χ2n) is 4.37. The van der Waals surface area contributed by atoms with Crippen LogP contribution in [0.15, 0.2) is 30.5 Å². The molecule has 0 amide bonds. The SMILES string of the molecule is CC(C)C(=O)c1cn2c(n1)sc1ccccc12. The summed E-state index contributed by atoms with van der Waals surface area (Å²) in [4.78, 5) is 17.2. The number of fused-ring (bicyclic) bond motifs is 3. The fraction of sp³-hybridized carbons (Fsp3) is 0.231. The minimum atomic E-state index is -0.00845. The van der Waals surface area contributed by atoms with Crippen molar-refractivity contribution in [3.8, 4) is 0 Å². The van der Waals surface area contributed by atoms with Gasteiger partial charge in [0.05, 0.1) is 10.2 Å². The minimum Gasteiger partial charge on any atom is -0.292 e. The predicted molar refractivity (Wildman–Crippen MR) is 69.7 cm³/mol. The number of ketones is 1. The number of aromatic nitrogens is 2. The van der Waals surface area contributed by atoms with Crippen molar-refractivity contribution >= 4 is 32.3 Å². The number of carbonyl (C=O) groups is 1. The molecule has 0 spiro atoms. The quantitative estimate of drug-likeness (QED) is 0.648. The second kappa shape index (κ2) is 3.67. The predicted octanol–water partition coefficient (Wildman–Crippen LogP) is 3.39. The standard InChI is InChI=1S/C13H12N2OS/c1-8(2)12(16)9-7-15-10-5-3-4-6-11(10)17-13(15)14-9/h3-8H,1-2H3. The zero-order valence-corrected chi connectivity index (χ0v) is 10.5. The Morgan fingerprint density at radius 3 is 2.88 bits per heavy atom. The van der Waals surface area contributed by atoms with Crippen LogP contribution in [0.4, 0.5) is 0 Å². The summed E-state index contributed by atoms with van der Waals surface area (Å²) in [6.07, 6.45) is 1.84. The number of rotatable bonds is 2. The van der Waals surface area contributed by atoms with E-state index in [4.69, 9.17) is 0 Å². The molecule has 2 aromatic heterocycles. The van der Waals surface area contributed by atoms with E-state index >= 15 is 0 Å². The van der Waals surface area contributed by atoms with E-state index in [0.29, 0.717) is 5.69 Å². The third-order valence-electron chi connectivity index (χ3n) is 2.78. The van der Waals surface area contributed by atoms with Gasteiger partial charge in [0.2, 0.25) is 0 Å². The van der Waals surface area contributed by atoms with Crippen LogP contribution in [0.3, 0.4) is 0 Å². The summed E-state index contributed by atoms with van der Waals surface area (Å²) in [7, 11) is 0. The molecule has 0 N–H and O–H groups in total. The second-order valence-corrected chi connectivity index (χ2v) is 5.38. The van der Waals surface area contributed by atoms with Crippen molar-refractivity contribution in [3.63, 3.8) is 0 Å². The summed E-state index contributed by atoms with van der Waals surface area (Å²) in [5.74, 6) is 0.0934. The van der Waals surface area contributed by atoms with E-state index in [9.17, 15) is 4.79 Å². The lowest BCUT2D eigenvalue weighted by Crippen LogP contribution is -2.07. The molecule has 0 radical (unpaired) electrons. The van der Waals surface area contributed by atoms with Gasteiger partial charge in [-0.15, -0.1) is 0 Å². The highest BCUT2D eigenvalue weighted by molar-refractivity contribution is 7.23. The number of nitrogens with zero attached hydrogens (tertiary/aromatic N) is 2. The molecule has 0 aliphatic carbocycles. The normalized spacial score (nSPS) is 11.7. The first-order valence-electron chi connectivity index (χ1n) is 5.57. The minimum absolute atomic E-state index is 0.00845. The van der Waals surface area contributed by atoms with Crippen LogP contribution in [0.1, 0.15) is 24.3 Å². The Labute approximate surface area is 103 Å². The first kappa shape index (κ1) is 10.5. The summed E-state index contributed by atoms with van der Waals surface area (Å²) in [6.45, 7) is 3.79. The van der Waals surface area contributed by atoms with E-state index in [-0.39, 0.29) is 11.7 Å². The fourth-order valence-electron chi connectivity index (χ4n) is 1.86. The topological polar surface area (TPSA) is 34.4 Å². The van der Waals surface area contributed by atoms with Gasteiger partial charge in [-0.3, -0.25) is 9.20 Å². The van der Waals surface area contributed by atoms with Crippen LogP contribution in [0.25, 0.3) is 15.2 Å². The molecule has 1 aromatic carbocycles. The molecule has 86 valence electrons. The molecule has 0 saturated carbocycles. The van der Waals surface area contributed by atoms with E-state index in [1.165, 1.54) is 4.70 Å². The van der Waals surface area contributed by atoms with Crippen molar-refractivity contribution in [2.75, 3.05) is 0 Å². The number of benzene rings is 1. The average Bonchev–Trinajstić information content (AvgIpc) is 2.84. The zero-order valence-electron chi connectivity index (χ0n) is 9.68. The van der Waals surface area contributed by atoms with Gasteiger partial charge in [-0.1, -0.05) is 37.3 Å². The van der Waals surface area contributed by atoms with Gasteiger partial charge in [0, 0.05) is 12.1 Å². The summed E-state index contributed by atoms with van der Waals surface area (Å²) >= 11 is 1.61. The molecule has 3 rings (SSSR count). The van der Waals surface area contributed by atoms with Crippen LogP contribution < -0.4 is 0 Å². The number of thiazole rings is 1. The molecule has 0 fully saturated rings. The van der Waals surface area contributed by atoms with Crippen molar-refractivity contribution in [1.29, 1.82) is 0 Å². The molecule has 3 aromatic rings. The average molecular weight is 244 g/mol. The Bertz CT molecular complexity index is 708. The van der Waals surface area contributed by atoms with Gasteiger partial charge >= 0.3 is 0 Å². The zero-order chi connectivity index (χ0) is 12.0. The van der Waals surface area contributed by atoms with Gasteiger partial charge in [0.15, 0.2) is 10.7 Å². The number of imidazole rings is 1. The molecule has 0 aliphatic heterocycles. The summed E-state index contributed by atoms with van der Waals surface area (Å²) < 4.78 is 3.19. The molecule has 0 saturated heterocycles. The molecule has 2 heterocycles. The molecular formula is C13H12N2OS. The smallest absolute Gasteiger partial charge is 0.195 e. The van der Waals surface area contributed by atoms with Crippen LogP contribution in [0.2, 0.25) is 0 Å². The first-order valence-corrected chi connectivity index (χ1v) is 6.39. The van der Waals surface area contributed by atoms with E-state index in [0.717, 1.165) is 10.5 Å². The van der Waals surface area contributed by atoms with Gasteiger partial charge in [-0.25, -0.2) is 4.98 Å². The largest absolute Gasteiger partial charge is 0.292 e. The maximum absolute atomic E-state index is 11.9. The van der Waals surface area contributed by atoms with E-state index in [1.807, 2.05) is 42.6 Å². The lowest BCUT2D eigenvalue weighted by Gasteiger charge is -1.98. The lowest BCUT2D eigenvalue weighted by atomic mass is 10.1. The molecule has 0 bridgehead atoms. The van der Waals surface area contributed by atoms with Crippen molar-refractivity contribution < 1.29 is 4.79 Å². The van der Waals surface area contributed by atoms with Crippen molar-refractivity contribution in [3.05, 3.63) is 36.2 Å². The highest BCUT2D eigenvalue weighted by Gasteiger charge is 2.16. The fourth-order valence-corrected chi connectivity index (χ4v) is 2.87. The van der Waals surface area contributed by atoms with Crippen molar-refractivity contribution in [2.24, 2.45) is 5.92 Å². The molecule has 4 heteroatoms. The highest BCUT2D eigenvalue weighted by atomic mass is 32.1. The Hall–Kier alpha value is -1.68. The Morgan fingerprint density at radius 1 is 1.35 bits per heavy atom. The molecule has 17 heavy (non-hydrogen) atoms. The van der Waals surface area contributed by atoms with Crippen molar-refractivity contribution in [1.82, 2.24) is 9.38 Å². The van der Waals surface area contributed by atoms with Gasteiger partial charge in [-0.05, 0) is 12.1 Å². The third kappa shape index (κ3) is 1.56. The van der Waals surface area contributed by atoms with Gasteiger partial charge in [0.25, 0.3) is 0 Å².